The van der Waals surface area contributed by atoms with Gasteiger partial charge in [-0.25, -0.2) is 0 Å². The Labute approximate surface area is 274 Å². The number of para-hydroxylation sites is 1. The molecule has 230 valence electrons. The van der Waals surface area contributed by atoms with Crippen LogP contribution >= 0.6 is 0 Å². The van der Waals surface area contributed by atoms with E-state index >= 15 is 0 Å². The van der Waals surface area contributed by atoms with E-state index in [0.29, 0.717) is 5.56 Å². The van der Waals surface area contributed by atoms with Crippen LogP contribution in [0.5, 0.6) is 23.0 Å². The van der Waals surface area contributed by atoms with Gasteiger partial charge in [-0.3, -0.25) is 0 Å². The van der Waals surface area contributed by atoms with Gasteiger partial charge in [0.1, 0.15) is 11.2 Å². The van der Waals surface area contributed by atoms with Crippen molar-refractivity contribution in [2.75, 3.05) is 0 Å². The molecule has 0 saturated carbocycles. The first-order valence-electron chi connectivity index (χ1n) is 15.8. The van der Waals surface area contributed by atoms with Crippen LogP contribution in [0.2, 0.25) is 0 Å². The SMILES string of the molecule is Cc1c(O)c(O)c(O)c(O)c1-c1c2ccccc2c(-c2cc(-c3cccc4oc5ccccc5c34)cc3ccccc23)c2ccccc12. The number of phenols is 4. The van der Waals surface area contributed by atoms with Gasteiger partial charge in [-0.1, -0.05) is 103 Å². The van der Waals surface area contributed by atoms with Gasteiger partial charge in [0.25, 0.3) is 0 Å². The number of aromatic hydroxyl groups is 4. The molecule has 1 heterocycles. The van der Waals surface area contributed by atoms with Gasteiger partial charge in [0.05, 0.1) is 0 Å². The highest BCUT2D eigenvalue weighted by Gasteiger charge is 2.26. The fourth-order valence-electron chi connectivity index (χ4n) is 7.50. The van der Waals surface area contributed by atoms with Crippen molar-refractivity contribution >= 4 is 54.3 Å². The lowest BCUT2D eigenvalue weighted by atomic mass is 9.82. The highest BCUT2D eigenvalue weighted by Crippen LogP contribution is 2.55. The number of hydrogen-bond acceptors (Lipinski definition) is 5. The molecule has 0 saturated heterocycles. The zero-order valence-corrected chi connectivity index (χ0v) is 25.8. The van der Waals surface area contributed by atoms with Crippen LogP contribution in [0, 0.1) is 6.92 Å². The zero-order chi connectivity index (χ0) is 32.7. The Morgan fingerprint density at radius 3 is 1.65 bits per heavy atom. The van der Waals surface area contributed by atoms with Crippen molar-refractivity contribution in [1.82, 2.24) is 0 Å². The molecule has 0 aliphatic heterocycles. The van der Waals surface area contributed by atoms with Gasteiger partial charge in [-0.05, 0) is 85.8 Å². The number of hydrogen-bond donors (Lipinski definition) is 4. The van der Waals surface area contributed by atoms with Gasteiger partial charge in [0.15, 0.2) is 11.5 Å². The van der Waals surface area contributed by atoms with E-state index in [-0.39, 0.29) is 11.1 Å². The Bertz CT molecular complexity index is 2700. The van der Waals surface area contributed by atoms with Crippen LogP contribution in [0.1, 0.15) is 5.56 Å². The molecule has 4 N–H and O–H groups in total. The van der Waals surface area contributed by atoms with Gasteiger partial charge in [-0.2, -0.15) is 0 Å². The van der Waals surface area contributed by atoms with Crippen molar-refractivity contribution < 1.29 is 24.8 Å². The lowest BCUT2D eigenvalue weighted by Gasteiger charge is -2.21. The molecule has 0 aliphatic carbocycles. The lowest BCUT2D eigenvalue weighted by molar-refractivity contribution is 0.345. The Kier molecular flexibility index (Phi) is 5.95. The summed E-state index contributed by atoms with van der Waals surface area (Å²) in [4.78, 5) is 0. The quantitative estimate of drug-likeness (QED) is 0.0891. The fraction of sp³-hybridized carbons (Fsp3) is 0.0233. The summed E-state index contributed by atoms with van der Waals surface area (Å²) in [6.07, 6.45) is 0. The van der Waals surface area contributed by atoms with Crippen LogP contribution in [0.3, 0.4) is 0 Å². The molecule has 0 unspecified atom stereocenters. The molecule has 0 fully saturated rings. The smallest absolute Gasteiger partial charge is 0.204 e. The standard InChI is InChI=1S/C43H28O5/c1-23-36(41(45)43(47)42(46)40(23)44)39-30-15-6-4-13-28(30)37(29-14-5-7-16-31(29)39)33-22-25(21-24-11-2-3-12-26(24)33)27-18-10-20-35-38(27)32-17-8-9-19-34(32)48-35/h2-22,44-47H,1H3. The van der Waals surface area contributed by atoms with Crippen LogP contribution in [0.25, 0.3) is 87.6 Å². The minimum absolute atomic E-state index is 0.263. The average molecular weight is 625 g/mol. The van der Waals surface area contributed by atoms with Crippen molar-refractivity contribution in [2.45, 2.75) is 6.92 Å². The molecule has 1 aromatic heterocycles. The normalized spacial score (nSPS) is 11.8. The van der Waals surface area contributed by atoms with Crippen molar-refractivity contribution in [3.63, 3.8) is 0 Å². The maximum absolute atomic E-state index is 11.3. The lowest BCUT2D eigenvalue weighted by Crippen LogP contribution is -1.95. The van der Waals surface area contributed by atoms with Crippen molar-refractivity contribution in [1.29, 1.82) is 0 Å². The molecule has 9 rings (SSSR count). The summed E-state index contributed by atoms with van der Waals surface area (Å²) in [5.41, 5.74) is 7.06. The maximum Gasteiger partial charge on any atom is 0.204 e. The third kappa shape index (κ3) is 3.85. The summed E-state index contributed by atoms with van der Waals surface area (Å²) in [5, 5.41) is 50.9. The van der Waals surface area contributed by atoms with E-state index in [2.05, 4.69) is 60.7 Å². The van der Waals surface area contributed by atoms with Crippen molar-refractivity contribution in [3.05, 3.63) is 133 Å². The molecule has 0 aliphatic rings. The first-order valence-corrected chi connectivity index (χ1v) is 15.8. The molecule has 0 amide bonds. The molecule has 0 spiro atoms. The summed E-state index contributed by atoms with van der Waals surface area (Å²) >= 11 is 0. The first kappa shape index (κ1) is 27.8. The number of furan rings is 1. The molecular weight excluding hydrogens is 596 g/mol. The Morgan fingerprint density at radius 2 is 0.958 bits per heavy atom. The Balaban J connectivity index is 1.43. The third-order valence-corrected chi connectivity index (χ3v) is 9.67. The largest absolute Gasteiger partial charge is 0.504 e. The summed E-state index contributed by atoms with van der Waals surface area (Å²) in [6.45, 7) is 1.62. The molecule has 5 nitrogen and oxygen atoms in total. The van der Waals surface area contributed by atoms with Gasteiger partial charge in [0.2, 0.25) is 11.5 Å². The number of benzene rings is 8. The van der Waals surface area contributed by atoms with E-state index in [1.807, 2.05) is 66.7 Å². The maximum atomic E-state index is 11.3. The molecular formula is C43H28O5. The third-order valence-electron chi connectivity index (χ3n) is 9.67. The number of rotatable bonds is 3. The van der Waals surface area contributed by atoms with Crippen molar-refractivity contribution in [2.24, 2.45) is 0 Å². The molecule has 0 bridgehead atoms. The summed E-state index contributed by atoms with van der Waals surface area (Å²) in [7, 11) is 0. The molecule has 5 heteroatoms. The summed E-state index contributed by atoms with van der Waals surface area (Å²) < 4.78 is 6.26. The minimum atomic E-state index is -0.759. The number of fused-ring (bicyclic) bond motifs is 6. The molecule has 0 atom stereocenters. The van der Waals surface area contributed by atoms with Crippen LogP contribution in [0.15, 0.2) is 132 Å². The first-order chi connectivity index (χ1) is 23.4. The van der Waals surface area contributed by atoms with Crippen LogP contribution in [-0.4, -0.2) is 20.4 Å². The van der Waals surface area contributed by atoms with E-state index in [0.717, 1.165) is 76.5 Å². The number of phenolic OH excluding ortho intramolecular Hbond substituents is 4. The van der Waals surface area contributed by atoms with Crippen LogP contribution < -0.4 is 0 Å². The second-order valence-electron chi connectivity index (χ2n) is 12.3. The van der Waals surface area contributed by atoms with Gasteiger partial charge in [0, 0.05) is 27.5 Å². The van der Waals surface area contributed by atoms with E-state index in [9.17, 15) is 20.4 Å². The zero-order valence-electron chi connectivity index (χ0n) is 25.8. The average Bonchev–Trinajstić information content (AvgIpc) is 3.51. The Morgan fingerprint density at radius 1 is 0.417 bits per heavy atom. The molecule has 9 aromatic rings. The minimum Gasteiger partial charge on any atom is -0.504 e. The highest BCUT2D eigenvalue weighted by molar-refractivity contribution is 6.25. The van der Waals surface area contributed by atoms with Crippen LogP contribution in [-0.2, 0) is 0 Å². The van der Waals surface area contributed by atoms with Gasteiger partial charge < -0.3 is 24.8 Å². The van der Waals surface area contributed by atoms with Gasteiger partial charge in [-0.15, -0.1) is 0 Å². The Hall–Kier alpha value is -6.46. The highest BCUT2D eigenvalue weighted by atomic mass is 16.3. The molecule has 48 heavy (non-hydrogen) atoms. The topological polar surface area (TPSA) is 94.1 Å². The van der Waals surface area contributed by atoms with E-state index in [1.54, 1.807) is 6.92 Å². The predicted molar refractivity (Wildman–Crippen MR) is 194 cm³/mol. The predicted octanol–water partition coefficient (Wildman–Crippen LogP) is 11.2. The summed E-state index contributed by atoms with van der Waals surface area (Å²) in [5.74, 6) is -2.47. The van der Waals surface area contributed by atoms with Crippen molar-refractivity contribution in [3.8, 4) is 56.4 Å². The van der Waals surface area contributed by atoms with Gasteiger partial charge >= 0.3 is 0 Å². The van der Waals surface area contributed by atoms with E-state index < -0.39 is 23.0 Å². The second-order valence-corrected chi connectivity index (χ2v) is 12.3. The van der Waals surface area contributed by atoms with E-state index in [1.165, 1.54) is 0 Å². The fourth-order valence-corrected chi connectivity index (χ4v) is 7.50. The van der Waals surface area contributed by atoms with Crippen LogP contribution in [0.4, 0.5) is 0 Å². The monoisotopic (exact) mass is 624 g/mol. The second kappa shape index (κ2) is 10.3. The molecule has 0 radical (unpaired) electrons. The van der Waals surface area contributed by atoms with E-state index in [4.69, 9.17) is 4.42 Å². The molecule has 8 aromatic carbocycles. The summed E-state index contributed by atoms with van der Waals surface area (Å²) in [6, 6.07) is 43.2.